The van der Waals surface area contributed by atoms with Crippen molar-refractivity contribution in [3.8, 4) is 0 Å². The molecule has 3 N–H and O–H groups in total. The minimum absolute atomic E-state index is 0.213. The molecule has 0 aromatic carbocycles. The summed E-state index contributed by atoms with van der Waals surface area (Å²) in [5.74, 6) is 0.712. The first-order valence-electron chi connectivity index (χ1n) is 4.64. The molecule has 0 radical (unpaired) electrons. The van der Waals surface area contributed by atoms with Crippen LogP contribution in [0.3, 0.4) is 0 Å². The van der Waals surface area contributed by atoms with Crippen LogP contribution < -0.4 is 11.1 Å². The van der Waals surface area contributed by atoms with E-state index in [0.29, 0.717) is 12.5 Å². The maximum absolute atomic E-state index is 5.47. The minimum Gasteiger partial charge on any atom is -0.380 e. The Kier molecular flexibility index (Phi) is 7.45. The quantitative estimate of drug-likeness (QED) is 0.555. The highest BCUT2D eigenvalue weighted by Crippen LogP contribution is 1.93. The van der Waals surface area contributed by atoms with Gasteiger partial charge in [-0.05, 0) is 25.4 Å². The van der Waals surface area contributed by atoms with Crippen molar-refractivity contribution < 1.29 is 4.74 Å². The van der Waals surface area contributed by atoms with Crippen molar-refractivity contribution in [2.24, 2.45) is 11.7 Å². The maximum Gasteiger partial charge on any atom is 0.0705 e. The van der Waals surface area contributed by atoms with E-state index in [4.69, 9.17) is 10.5 Å². The van der Waals surface area contributed by atoms with Gasteiger partial charge in [0.2, 0.25) is 0 Å². The molecule has 74 valence electrons. The van der Waals surface area contributed by atoms with Crippen LogP contribution in [-0.4, -0.2) is 32.8 Å². The van der Waals surface area contributed by atoms with E-state index >= 15 is 0 Å². The Hall–Kier alpha value is -0.120. The molecule has 0 bridgehead atoms. The third-order valence-corrected chi connectivity index (χ3v) is 1.79. The number of hydrogen-bond donors (Lipinski definition) is 2. The number of nitrogens with two attached hydrogens (primary N) is 1. The molecule has 0 rings (SSSR count). The van der Waals surface area contributed by atoms with Crippen LogP contribution in [0.15, 0.2) is 0 Å². The van der Waals surface area contributed by atoms with Crippen LogP contribution in [0.25, 0.3) is 0 Å². The zero-order chi connectivity index (χ0) is 9.40. The molecule has 0 aliphatic heterocycles. The molecular formula is C9H22N2O. The van der Waals surface area contributed by atoms with Gasteiger partial charge in [0.05, 0.1) is 6.10 Å². The average molecular weight is 174 g/mol. The number of methoxy groups -OCH3 is 1. The Bertz CT molecular complexity index is 92.5. The van der Waals surface area contributed by atoms with E-state index in [-0.39, 0.29) is 6.10 Å². The first-order valence-corrected chi connectivity index (χ1v) is 4.64. The van der Waals surface area contributed by atoms with E-state index < -0.39 is 0 Å². The SMILES string of the molecule is COC(CN)CCNCC(C)C. The van der Waals surface area contributed by atoms with Gasteiger partial charge in [-0.15, -0.1) is 0 Å². The topological polar surface area (TPSA) is 47.3 Å². The van der Waals surface area contributed by atoms with Gasteiger partial charge in [-0.2, -0.15) is 0 Å². The molecule has 3 heteroatoms. The first-order chi connectivity index (χ1) is 5.70. The highest BCUT2D eigenvalue weighted by atomic mass is 16.5. The molecule has 0 aliphatic rings. The molecule has 1 atom stereocenters. The maximum atomic E-state index is 5.47. The third kappa shape index (κ3) is 6.58. The standard InChI is InChI=1S/C9H22N2O/c1-8(2)7-11-5-4-9(6-10)12-3/h8-9,11H,4-7,10H2,1-3H3. The van der Waals surface area contributed by atoms with E-state index in [0.717, 1.165) is 19.5 Å². The summed E-state index contributed by atoms with van der Waals surface area (Å²) in [6, 6.07) is 0. The lowest BCUT2D eigenvalue weighted by atomic mass is 10.2. The monoisotopic (exact) mass is 174 g/mol. The largest absolute Gasteiger partial charge is 0.380 e. The number of rotatable bonds is 7. The number of nitrogens with one attached hydrogen (secondary N) is 1. The smallest absolute Gasteiger partial charge is 0.0705 e. The van der Waals surface area contributed by atoms with Crippen LogP contribution in [0.4, 0.5) is 0 Å². The Morgan fingerprint density at radius 1 is 1.42 bits per heavy atom. The molecule has 0 aromatic rings. The van der Waals surface area contributed by atoms with Gasteiger partial charge < -0.3 is 15.8 Å². The highest BCUT2D eigenvalue weighted by Gasteiger charge is 2.02. The molecule has 0 amide bonds. The fourth-order valence-electron chi connectivity index (χ4n) is 0.986. The molecular weight excluding hydrogens is 152 g/mol. The molecule has 0 spiro atoms. The summed E-state index contributed by atoms with van der Waals surface area (Å²) in [4.78, 5) is 0. The molecule has 0 saturated heterocycles. The summed E-state index contributed by atoms with van der Waals surface area (Å²) in [5.41, 5.74) is 5.47. The summed E-state index contributed by atoms with van der Waals surface area (Å²) in [6.45, 7) is 7.07. The lowest BCUT2D eigenvalue weighted by molar-refractivity contribution is 0.102. The molecule has 12 heavy (non-hydrogen) atoms. The van der Waals surface area contributed by atoms with Crippen LogP contribution in [-0.2, 0) is 4.74 Å². The van der Waals surface area contributed by atoms with Crippen molar-refractivity contribution in [1.29, 1.82) is 0 Å². The molecule has 1 unspecified atom stereocenters. The van der Waals surface area contributed by atoms with E-state index in [1.807, 2.05) is 0 Å². The van der Waals surface area contributed by atoms with Crippen LogP contribution in [0.5, 0.6) is 0 Å². The summed E-state index contributed by atoms with van der Waals surface area (Å²) < 4.78 is 5.14. The minimum atomic E-state index is 0.213. The van der Waals surface area contributed by atoms with Gasteiger partial charge in [-0.25, -0.2) is 0 Å². The van der Waals surface area contributed by atoms with Gasteiger partial charge in [0.15, 0.2) is 0 Å². The van der Waals surface area contributed by atoms with Crippen molar-refractivity contribution in [2.75, 3.05) is 26.7 Å². The molecule has 3 nitrogen and oxygen atoms in total. The summed E-state index contributed by atoms with van der Waals surface area (Å²) in [5, 5.41) is 3.35. The van der Waals surface area contributed by atoms with Crippen molar-refractivity contribution in [1.82, 2.24) is 5.32 Å². The van der Waals surface area contributed by atoms with Crippen LogP contribution in [0, 0.1) is 5.92 Å². The highest BCUT2D eigenvalue weighted by molar-refractivity contribution is 4.60. The summed E-state index contributed by atoms with van der Waals surface area (Å²) in [7, 11) is 1.71. The molecule has 0 aromatic heterocycles. The van der Waals surface area contributed by atoms with Gasteiger partial charge in [0, 0.05) is 13.7 Å². The Morgan fingerprint density at radius 2 is 2.08 bits per heavy atom. The van der Waals surface area contributed by atoms with Crippen molar-refractivity contribution in [3.05, 3.63) is 0 Å². The molecule has 0 saturated carbocycles. The first kappa shape index (κ1) is 11.9. The normalized spacial score (nSPS) is 13.8. The van der Waals surface area contributed by atoms with E-state index in [2.05, 4.69) is 19.2 Å². The predicted octanol–water partition coefficient (Wildman–Crippen LogP) is 0.596. The van der Waals surface area contributed by atoms with E-state index in [1.165, 1.54) is 0 Å². The number of hydrogen-bond acceptors (Lipinski definition) is 3. The second-order valence-electron chi connectivity index (χ2n) is 3.48. The number of ether oxygens (including phenoxy) is 1. The van der Waals surface area contributed by atoms with Gasteiger partial charge >= 0.3 is 0 Å². The van der Waals surface area contributed by atoms with Gasteiger partial charge in [-0.3, -0.25) is 0 Å². The van der Waals surface area contributed by atoms with Gasteiger partial charge in [0.1, 0.15) is 0 Å². The van der Waals surface area contributed by atoms with Crippen molar-refractivity contribution in [3.63, 3.8) is 0 Å². The Morgan fingerprint density at radius 3 is 2.50 bits per heavy atom. The lowest BCUT2D eigenvalue weighted by Gasteiger charge is -2.13. The summed E-state index contributed by atoms with van der Waals surface area (Å²) >= 11 is 0. The van der Waals surface area contributed by atoms with Crippen molar-refractivity contribution >= 4 is 0 Å². The van der Waals surface area contributed by atoms with Crippen LogP contribution >= 0.6 is 0 Å². The Balaban J connectivity index is 3.17. The zero-order valence-electron chi connectivity index (χ0n) is 8.47. The molecule has 0 fully saturated rings. The van der Waals surface area contributed by atoms with Crippen molar-refractivity contribution in [2.45, 2.75) is 26.4 Å². The van der Waals surface area contributed by atoms with Gasteiger partial charge in [0.25, 0.3) is 0 Å². The zero-order valence-corrected chi connectivity index (χ0v) is 8.47. The van der Waals surface area contributed by atoms with Crippen LogP contribution in [0.2, 0.25) is 0 Å². The Labute approximate surface area is 75.7 Å². The van der Waals surface area contributed by atoms with E-state index in [1.54, 1.807) is 7.11 Å². The molecule has 0 heterocycles. The second kappa shape index (κ2) is 7.53. The van der Waals surface area contributed by atoms with E-state index in [9.17, 15) is 0 Å². The summed E-state index contributed by atoms with van der Waals surface area (Å²) in [6.07, 6.45) is 1.21. The average Bonchev–Trinajstić information content (AvgIpc) is 2.04. The predicted molar refractivity (Wildman–Crippen MR) is 52.2 cm³/mol. The second-order valence-corrected chi connectivity index (χ2v) is 3.48. The fourth-order valence-corrected chi connectivity index (χ4v) is 0.986. The third-order valence-electron chi connectivity index (χ3n) is 1.79. The lowest BCUT2D eigenvalue weighted by Crippen LogP contribution is -2.29. The fraction of sp³-hybridized carbons (Fsp3) is 1.00. The van der Waals surface area contributed by atoms with Gasteiger partial charge in [-0.1, -0.05) is 13.8 Å². The van der Waals surface area contributed by atoms with Crippen LogP contribution in [0.1, 0.15) is 20.3 Å². The molecule has 0 aliphatic carbocycles.